The molecule has 0 aliphatic carbocycles. The van der Waals surface area contributed by atoms with E-state index in [4.69, 9.17) is 11.6 Å². The summed E-state index contributed by atoms with van der Waals surface area (Å²) in [6, 6.07) is 13.2. The molecule has 0 radical (unpaired) electrons. The second-order valence-corrected chi connectivity index (χ2v) is 6.37. The third-order valence-electron chi connectivity index (χ3n) is 3.29. The third-order valence-corrected chi connectivity index (χ3v) is 4.49. The largest absolute Gasteiger partial charge is 0.321 e. The number of Topliss-reactive ketones (excluding diaryl/α,β-unsaturated/α-hetero) is 1. The van der Waals surface area contributed by atoms with E-state index in [1.807, 2.05) is 0 Å². The first-order chi connectivity index (χ1) is 12.0. The van der Waals surface area contributed by atoms with Crippen LogP contribution in [0.25, 0.3) is 0 Å². The molecule has 1 amide bonds. The van der Waals surface area contributed by atoms with Gasteiger partial charge in [0.25, 0.3) is 5.91 Å². The zero-order valence-electron chi connectivity index (χ0n) is 12.8. The van der Waals surface area contributed by atoms with Crippen molar-refractivity contribution in [1.29, 1.82) is 0 Å². The van der Waals surface area contributed by atoms with E-state index in [1.54, 1.807) is 36.4 Å². The first-order valence-corrected chi connectivity index (χ1v) is 9.49. The Morgan fingerprint density at radius 2 is 1.76 bits per heavy atom. The van der Waals surface area contributed by atoms with Gasteiger partial charge in [-0.25, -0.2) is 0 Å². The van der Waals surface area contributed by atoms with Gasteiger partial charge in [-0.15, -0.1) is 0 Å². The van der Waals surface area contributed by atoms with Crippen LogP contribution in [0.4, 0.5) is 5.69 Å². The van der Waals surface area contributed by atoms with E-state index < -0.39 is 5.91 Å². The summed E-state index contributed by atoms with van der Waals surface area (Å²) >= 11 is 12.0. The Balaban J connectivity index is 2.38. The summed E-state index contributed by atoms with van der Waals surface area (Å²) in [6.45, 7) is 0. The standard InChI is InChI=1S/C18H12Br2ClNO3/c19-9-14(16(23)10-20)18(25)22-15-7-6-12(21)8-13(15)17(24)11-4-2-1-3-5-11/h1-9H,10H2,(H,22,25). The average molecular weight is 486 g/mol. The number of ketones is 2. The molecular formula is C18H12Br2ClNO3. The number of alkyl halides is 1. The van der Waals surface area contributed by atoms with Gasteiger partial charge in [0.1, 0.15) is 0 Å². The minimum atomic E-state index is -0.620. The molecule has 0 atom stereocenters. The Morgan fingerprint density at radius 3 is 2.36 bits per heavy atom. The molecular weight excluding hydrogens is 473 g/mol. The molecule has 2 rings (SSSR count). The van der Waals surface area contributed by atoms with Crippen molar-refractivity contribution in [3.63, 3.8) is 0 Å². The summed E-state index contributed by atoms with van der Waals surface area (Å²) in [6.07, 6.45) is 0. The fourth-order valence-corrected chi connectivity index (χ4v) is 2.99. The normalized spacial score (nSPS) is 11.1. The van der Waals surface area contributed by atoms with E-state index in [0.717, 1.165) is 0 Å². The number of carbonyl (C=O) groups is 3. The van der Waals surface area contributed by atoms with Gasteiger partial charge < -0.3 is 5.32 Å². The van der Waals surface area contributed by atoms with Gasteiger partial charge in [0.2, 0.25) is 0 Å². The molecule has 2 aromatic carbocycles. The average Bonchev–Trinajstić information content (AvgIpc) is 2.63. The van der Waals surface area contributed by atoms with Gasteiger partial charge in [-0.1, -0.05) is 73.8 Å². The number of hydrogen-bond donors (Lipinski definition) is 1. The molecule has 1 N–H and O–H groups in total. The van der Waals surface area contributed by atoms with Crippen molar-refractivity contribution >= 4 is 66.6 Å². The van der Waals surface area contributed by atoms with Crippen LogP contribution < -0.4 is 5.32 Å². The molecule has 4 nitrogen and oxygen atoms in total. The first-order valence-electron chi connectivity index (χ1n) is 7.08. The van der Waals surface area contributed by atoms with Crippen molar-refractivity contribution in [3.05, 3.63) is 75.2 Å². The second-order valence-electron chi connectivity index (χ2n) is 4.92. The minimum Gasteiger partial charge on any atom is -0.321 e. The summed E-state index contributed by atoms with van der Waals surface area (Å²) in [7, 11) is 0. The Morgan fingerprint density at radius 1 is 1.08 bits per heavy atom. The maximum absolute atomic E-state index is 12.7. The van der Waals surface area contributed by atoms with E-state index in [0.29, 0.717) is 10.6 Å². The van der Waals surface area contributed by atoms with Crippen LogP contribution in [0.3, 0.4) is 0 Å². The molecule has 0 aliphatic rings. The number of anilines is 1. The van der Waals surface area contributed by atoms with Crippen LogP contribution in [0.15, 0.2) is 59.1 Å². The maximum atomic E-state index is 12.7. The van der Waals surface area contributed by atoms with Crippen LogP contribution in [0.1, 0.15) is 15.9 Å². The fraction of sp³-hybridized carbons (Fsp3) is 0.0556. The fourth-order valence-electron chi connectivity index (χ4n) is 2.06. The van der Waals surface area contributed by atoms with Gasteiger partial charge in [-0.2, -0.15) is 0 Å². The van der Waals surface area contributed by atoms with Gasteiger partial charge in [0.05, 0.1) is 16.6 Å². The monoisotopic (exact) mass is 483 g/mol. The molecule has 25 heavy (non-hydrogen) atoms. The molecule has 2 aromatic rings. The summed E-state index contributed by atoms with van der Waals surface area (Å²) < 4.78 is 0. The Hall–Kier alpha value is -1.76. The Bertz CT molecular complexity index is 851. The van der Waals surface area contributed by atoms with E-state index in [1.165, 1.54) is 17.1 Å². The number of benzene rings is 2. The highest BCUT2D eigenvalue weighted by Crippen LogP contribution is 2.24. The molecule has 0 fully saturated rings. The lowest BCUT2D eigenvalue weighted by atomic mass is 10.0. The highest BCUT2D eigenvalue weighted by Gasteiger charge is 2.20. The topological polar surface area (TPSA) is 63.2 Å². The molecule has 0 aliphatic heterocycles. The van der Waals surface area contributed by atoms with Crippen LogP contribution in [-0.2, 0) is 9.59 Å². The minimum absolute atomic E-state index is 0.00821. The van der Waals surface area contributed by atoms with Crippen molar-refractivity contribution in [1.82, 2.24) is 0 Å². The van der Waals surface area contributed by atoms with Crippen LogP contribution in [-0.4, -0.2) is 22.8 Å². The highest BCUT2D eigenvalue weighted by atomic mass is 79.9. The van der Waals surface area contributed by atoms with Crippen molar-refractivity contribution in [3.8, 4) is 0 Å². The number of amides is 1. The SMILES string of the molecule is O=C(CBr)C(=CBr)C(=O)Nc1ccc(Cl)cc1C(=O)c1ccccc1. The Labute approximate surface area is 166 Å². The quantitative estimate of drug-likeness (QED) is 0.211. The number of nitrogens with one attached hydrogen (secondary N) is 1. The van der Waals surface area contributed by atoms with Crippen molar-refractivity contribution in [2.24, 2.45) is 0 Å². The summed E-state index contributed by atoms with van der Waals surface area (Å²) in [5.41, 5.74) is 0.919. The molecule has 0 heterocycles. The van der Waals surface area contributed by atoms with E-state index in [2.05, 4.69) is 37.2 Å². The summed E-state index contributed by atoms with van der Waals surface area (Å²) in [5.74, 6) is -1.29. The molecule has 128 valence electrons. The number of carbonyl (C=O) groups excluding carboxylic acids is 3. The third kappa shape index (κ3) is 4.87. The van der Waals surface area contributed by atoms with Crippen molar-refractivity contribution < 1.29 is 14.4 Å². The second kappa shape index (κ2) is 9.08. The molecule has 0 aromatic heterocycles. The zero-order chi connectivity index (χ0) is 18.4. The van der Waals surface area contributed by atoms with Crippen molar-refractivity contribution in [2.45, 2.75) is 0 Å². The van der Waals surface area contributed by atoms with Gasteiger partial charge in [0, 0.05) is 16.1 Å². The lowest BCUT2D eigenvalue weighted by molar-refractivity contribution is -0.118. The molecule has 0 saturated heterocycles. The summed E-state index contributed by atoms with van der Waals surface area (Å²) in [4.78, 5) is 38.1. The maximum Gasteiger partial charge on any atom is 0.259 e. The van der Waals surface area contributed by atoms with Gasteiger partial charge in [-0.3, -0.25) is 14.4 Å². The molecule has 0 saturated carbocycles. The lowest BCUT2D eigenvalue weighted by Gasteiger charge is -2.12. The predicted molar refractivity (Wildman–Crippen MR) is 106 cm³/mol. The first kappa shape index (κ1) is 19.6. The van der Waals surface area contributed by atoms with E-state index in [-0.39, 0.29) is 33.7 Å². The zero-order valence-corrected chi connectivity index (χ0v) is 16.7. The predicted octanol–water partition coefficient (Wildman–Crippen LogP) is 4.75. The number of rotatable bonds is 6. The van der Waals surface area contributed by atoms with Crippen LogP contribution in [0, 0.1) is 0 Å². The lowest BCUT2D eigenvalue weighted by Crippen LogP contribution is -2.22. The van der Waals surface area contributed by atoms with Crippen LogP contribution in [0.5, 0.6) is 0 Å². The van der Waals surface area contributed by atoms with E-state index >= 15 is 0 Å². The Kier molecular flexibility index (Phi) is 7.11. The van der Waals surface area contributed by atoms with E-state index in [9.17, 15) is 14.4 Å². The van der Waals surface area contributed by atoms with Gasteiger partial charge in [0.15, 0.2) is 11.6 Å². The molecule has 0 spiro atoms. The highest BCUT2D eigenvalue weighted by molar-refractivity contribution is 9.11. The molecule has 0 bridgehead atoms. The van der Waals surface area contributed by atoms with Gasteiger partial charge in [-0.05, 0) is 23.2 Å². The smallest absolute Gasteiger partial charge is 0.259 e. The number of hydrogen-bond acceptors (Lipinski definition) is 3. The van der Waals surface area contributed by atoms with Crippen LogP contribution in [0.2, 0.25) is 5.02 Å². The van der Waals surface area contributed by atoms with Gasteiger partial charge >= 0.3 is 0 Å². The van der Waals surface area contributed by atoms with Crippen molar-refractivity contribution in [2.75, 3.05) is 10.6 Å². The molecule has 7 heteroatoms. The number of halogens is 3. The molecule has 0 unspecified atom stereocenters. The summed E-state index contributed by atoms with van der Waals surface area (Å²) in [5, 5.41) is 2.97. The van der Waals surface area contributed by atoms with Crippen LogP contribution >= 0.6 is 43.5 Å².